The third kappa shape index (κ3) is 5.03. The fourth-order valence-electron chi connectivity index (χ4n) is 3.42. The van der Waals surface area contributed by atoms with Gasteiger partial charge in [-0.05, 0) is 36.8 Å². The zero-order valence-electron chi connectivity index (χ0n) is 17.8. The Morgan fingerprint density at radius 3 is 2.59 bits per heavy atom. The molecule has 0 saturated heterocycles. The van der Waals surface area contributed by atoms with Crippen LogP contribution in [0.2, 0.25) is 0 Å². The number of halogens is 1. The van der Waals surface area contributed by atoms with Crippen LogP contribution in [0.25, 0.3) is 21.9 Å². The summed E-state index contributed by atoms with van der Waals surface area (Å²) in [6, 6.07) is 16.9. The van der Waals surface area contributed by atoms with Crippen LogP contribution in [0.5, 0.6) is 5.75 Å². The van der Waals surface area contributed by atoms with E-state index in [0.717, 1.165) is 28.4 Å². The number of unbranched alkanes of at least 4 members (excludes halogenated alkanes) is 1. The Morgan fingerprint density at radius 1 is 1.03 bits per heavy atom. The van der Waals surface area contributed by atoms with Crippen molar-refractivity contribution >= 4 is 61.4 Å². The number of para-hydroxylation sites is 1. The summed E-state index contributed by atoms with van der Waals surface area (Å²) in [6.07, 6.45) is 3.14. The van der Waals surface area contributed by atoms with Crippen molar-refractivity contribution in [1.82, 2.24) is 9.97 Å². The number of ether oxygens (including phenoxy) is 1. The highest BCUT2D eigenvalue weighted by Gasteiger charge is 2.14. The lowest BCUT2D eigenvalue weighted by atomic mass is 10.1. The number of fused-ring (bicyclic) bond motifs is 2. The lowest BCUT2D eigenvalue weighted by Crippen LogP contribution is -2.16. The SMILES string of the molecule is CCCCS(=O)(=O)Nc1ccc(Nc2c3ccccc3nc3ncccc23)c(OC)c1.Cl. The van der Waals surface area contributed by atoms with Gasteiger partial charge in [-0.2, -0.15) is 0 Å². The Labute approximate surface area is 193 Å². The molecule has 0 aliphatic carbocycles. The van der Waals surface area contributed by atoms with Crippen LogP contribution in [0.15, 0.2) is 60.8 Å². The molecule has 32 heavy (non-hydrogen) atoms. The number of hydrogen-bond acceptors (Lipinski definition) is 6. The minimum Gasteiger partial charge on any atom is -0.494 e. The zero-order chi connectivity index (χ0) is 21.8. The average molecular weight is 473 g/mol. The molecule has 0 saturated carbocycles. The average Bonchev–Trinajstić information content (AvgIpc) is 2.78. The predicted molar refractivity (Wildman–Crippen MR) is 133 cm³/mol. The number of nitrogens with zero attached hydrogens (tertiary/aromatic N) is 2. The van der Waals surface area contributed by atoms with Crippen molar-refractivity contribution < 1.29 is 13.2 Å². The number of hydrogen-bond donors (Lipinski definition) is 2. The summed E-state index contributed by atoms with van der Waals surface area (Å²) < 4.78 is 32.7. The number of methoxy groups -OCH3 is 1. The first-order valence-corrected chi connectivity index (χ1v) is 11.7. The third-order valence-electron chi connectivity index (χ3n) is 4.96. The lowest BCUT2D eigenvalue weighted by Gasteiger charge is -2.16. The molecule has 0 atom stereocenters. The molecule has 0 aliphatic rings. The topological polar surface area (TPSA) is 93.2 Å². The molecule has 4 aromatic rings. The molecule has 2 heterocycles. The summed E-state index contributed by atoms with van der Waals surface area (Å²) in [5.41, 5.74) is 3.51. The van der Waals surface area contributed by atoms with E-state index in [4.69, 9.17) is 4.74 Å². The van der Waals surface area contributed by atoms with E-state index in [0.29, 0.717) is 29.2 Å². The Balaban J connectivity index is 0.00000289. The number of nitrogens with one attached hydrogen (secondary N) is 2. The molecule has 168 valence electrons. The molecule has 0 bridgehead atoms. The second-order valence-electron chi connectivity index (χ2n) is 7.19. The molecule has 0 unspecified atom stereocenters. The first kappa shape index (κ1) is 23.6. The van der Waals surface area contributed by atoms with Crippen molar-refractivity contribution in [3.63, 3.8) is 0 Å². The van der Waals surface area contributed by atoms with Gasteiger partial charge in [0.25, 0.3) is 0 Å². The van der Waals surface area contributed by atoms with E-state index >= 15 is 0 Å². The van der Waals surface area contributed by atoms with Gasteiger partial charge in [0, 0.05) is 23.0 Å². The smallest absolute Gasteiger partial charge is 0.232 e. The summed E-state index contributed by atoms with van der Waals surface area (Å²) >= 11 is 0. The Morgan fingerprint density at radius 2 is 1.81 bits per heavy atom. The summed E-state index contributed by atoms with van der Waals surface area (Å²) in [7, 11) is -1.84. The fraction of sp³-hybridized carbons (Fsp3) is 0.217. The van der Waals surface area contributed by atoms with Crippen molar-refractivity contribution in [1.29, 1.82) is 0 Å². The molecular weight excluding hydrogens is 448 g/mol. The normalized spacial score (nSPS) is 11.2. The van der Waals surface area contributed by atoms with E-state index in [1.807, 2.05) is 43.3 Å². The quantitative estimate of drug-likeness (QED) is 0.329. The highest BCUT2D eigenvalue weighted by Crippen LogP contribution is 2.36. The first-order valence-electron chi connectivity index (χ1n) is 10.1. The minimum absolute atomic E-state index is 0. The van der Waals surface area contributed by atoms with Gasteiger partial charge in [0.15, 0.2) is 5.65 Å². The number of aromatic nitrogens is 2. The van der Waals surface area contributed by atoms with Crippen LogP contribution in [0, 0.1) is 0 Å². The van der Waals surface area contributed by atoms with E-state index in [-0.39, 0.29) is 18.2 Å². The van der Waals surface area contributed by atoms with E-state index < -0.39 is 10.0 Å². The monoisotopic (exact) mass is 472 g/mol. The van der Waals surface area contributed by atoms with Crippen LogP contribution in [0.1, 0.15) is 19.8 Å². The van der Waals surface area contributed by atoms with Crippen molar-refractivity contribution in [3.8, 4) is 5.75 Å². The molecule has 9 heteroatoms. The van der Waals surface area contributed by atoms with Crippen LogP contribution in [0.3, 0.4) is 0 Å². The number of sulfonamides is 1. The van der Waals surface area contributed by atoms with Gasteiger partial charge in [-0.25, -0.2) is 18.4 Å². The summed E-state index contributed by atoms with van der Waals surface area (Å²) in [5, 5.41) is 5.29. The van der Waals surface area contributed by atoms with Gasteiger partial charge in [-0.1, -0.05) is 31.5 Å². The molecule has 0 spiro atoms. The van der Waals surface area contributed by atoms with Gasteiger partial charge in [0.2, 0.25) is 10.0 Å². The fourth-order valence-corrected chi connectivity index (χ4v) is 4.67. The maximum absolute atomic E-state index is 12.2. The van der Waals surface area contributed by atoms with Gasteiger partial charge in [-0.3, -0.25) is 4.72 Å². The standard InChI is InChI=1S/C23H24N4O3S.ClH/c1-3-4-14-31(28,29)27-16-11-12-20(21(15-16)30-2)25-22-17-8-5-6-10-19(17)26-23-18(22)9-7-13-24-23;/h5-13,15,27H,3-4,14H2,1-2H3,(H,24,25,26);1H. The molecule has 0 aliphatic heterocycles. The minimum atomic E-state index is -3.39. The molecule has 0 amide bonds. The van der Waals surface area contributed by atoms with E-state index in [9.17, 15) is 8.42 Å². The van der Waals surface area contributed by atoms with Crippen molar-refractivity contribution in [2.45, 2.75) is 19.8 Å². The summed E-state index contributed by atoms with van der Waals surface area (Å²) in [5.74, 6) is 0.613. The highest BCUT2D eigenvalue weighted by molar-refractivity contribution is 7.92. The van der Waals surface area contributed by atoms with Crippen LogP contribution < -0.4 is 14.8 Å². The molecule has 2 aromatic heterocycles. The van der Waals surface area contributed by atoms with Crippen LogP contribution in [0.4, 0.5) is 17.1 Å². The van der Waals surface area contributed by atoms with Crippen LogP contribution in [-0.2, 0) is 10.0 Å². The Bertz CT molecular complexity index is 1290. The molecular formula is C23H25ClN4O3S. The maximum atomic E-state index is 12.2. The molecule has 0 fully saturated rings. The summed E-state index contributed by atoms with van der Waals surface area (Å²) in [6.45, 7) is 1.96. The molecule has 4 rings (SSSR count). The number of anilines is 3. The second kappa shape index (κ2) is 10.0. The van der Waals surface area contributed by atoms with Crippen LogP contribution in [-0.4, -0.2) is 31.2 Å². The zero-order valence-corrected chi connectivity index (χ0v) is 19.5. The van der Waals surface area contributed by atoms with Gasteiger partial charge in [-0.15, -0.1) is 12.4 Å². The van der Waals surface area contributed by atoms with Crippen molar-refractivity contribution in [2.24, 2.45) is 0 Å². The van der Waals surface area contributed by atoms with Gasteiger partial charge in [0.1, 0.15) is 5.75 Å². The maximum Gasteiger partial charge on any atom is 0.232 e. The van der Waals surface area contributed by atoms with Crippen LogP contribution >= 0.6 is 12.4 Å². The molecule has 0 radical (unpaired) electrons. The second-order valence-corrected chi connectivity index (χ2v) is 9.03. The predicted octanol–water partition coefficient (Wildman–Crippen LogP) is 5.50. The van der Waals surface area contributed by atoms with E-state index in [1.54, 1.807) is 31.5 Å². The molecule has 2 aromatic carbocycles. The van der Waals surface area contributed by atoms with Gasteiger partial charge in [0.05, 0.1) is 35.4 Å². The number of pyridine rings is 2. The molecule has 2 N–H and O–H groups in total. The first-order chi connectivity index (χ1) is 15.0. The van der Waals surface area contributed by atoms with Gasteiger partial charge >= 0.3 is 0 Å². The number of rotatable bonds is 8. The Kier molecular flexibility index (Phi) is 7.37. The number of benzene rings is 2. The van der Waals surface area contributed by atoms with Gasteiger partial charge < -0.3 is 10.1 Å². The lowest BCUT2D eigenvalue weighted by molar-refractivity contribution is 0.417. The third-order valence-corrected chi connectivity index (χ3v) is 6.33. The Hall–Kier alpha value is -3.10. The van der Waals surface area contributed by atoms with E-state index in [2.05, 4.69) is 20.0 Å². The summed E-state index contributed by atoms with van der Waals surface area (Å²) in [4.78, 5) is 9.04. The van der Waals surface area contributed by atoms with Crippen molar-refractivity contribution in [2.75, 3.05) is 22.9 Å². The van der Waals surface area contributed by atoms with Crippen molar-refractivity contribution in [3.05, 3.63) is 60.8 Å². The molecule has 7 nitrogen and oxygen atoms in total. The largest absolute Gasteiger partial charge is 0.494 e. The highest BCUT2D eigenvalue weighted by atomic mass is 35.5. The van der Waals surface area contributed by atoms with E-state index in [1.165, 1.54) is 0 Å².